The van der Waals surface area contributed by atoms with Gasteiger partial charge in [-0.05, 0) is 43.4 Å². The van der Waals surface area contributed by atoms with Gasteiger partial charge in [-0.15, -0.1) is 0 Å². The van der Waals surface area contributed by atoms with E-state index in [0.29, 0.717) is 12.5 Å². The second-order valence-corrected chi connectivity index (χ2v) is 6.10. The predicted molar refractivity (Wildman–Crippen MR) is 72.8 cm³/mol. The number of hydrogen-bond acceptors (Lipinski definition) is 1. The van der Waals surface area contributed by atoms with Crippen molar-refractivity contribution in [2.75, 3.05) is 0 Å². The third-order valence-electron chi connectivity index (χ3n) is 4.21. The minimum atomic E-state index is 0.0730. The van der Waals surface area contributed by atoms with Crippen LogP contribution in [0.25, 0.3) is 0 Å². The number of rotatable bonds is 4. The lowest BCUT2D eigenvalue weighted by Gasteiger charge is -2.42. The maximum atomic E-state index is 12.0. The van der Waals surface area contributed by atoms with Crippen LogP contribution < -0.4 is 5.32 Å². The van der Waals surface area contributed by atoms with Crippen molar-refractivity contribution in [1.82, 2.24) is 5.32 Å². The summed E-state index contributed by atoms with van der Waals surface area (Å²) in [7, 11) is 0. The second kappa shape index (κ2) is 4.58. The maximum absolute atomic E-state index is 12.0. The average Bonchev–Trinajstić information content (AvgIpc) is 3.09. The van der Waals surface area contributed by atoms with Crippen molar-refractivity contribution in [2.45, 2.75) is 50.0 Å². The number of carbonyl (C=O) groups is 1. The van der Waals surface area contributed by atoms with Crippen molar-refractivity contribution in [1.29, 1.82) is 0 Å². The molecule has 0 atom stereocenters. The molecule has 0 aliphatic heterocycles. The Bertz CT molecular complexity index is 446. The molecule has 1 amide bonds. The van der Waals surface area contributed by atoms with E-state index in [-0.39, 0.29) is 11.3 Å². The maximum Gasteiger partial charge on any atom is 0.221 e. The van der Waals surface area contributed by atoms with E-state index in [2.05, 4.69) is 17.4 Å². The second-order valence-electron chi connectivity index (χ2n) is 5.66. The van der Waals surface area contributed by atoms with E-state index in [0.717, 1.165) is 30.7 Å². The first-order valence-electron chi connectivity index (χ1n) is 6.73. The average molecular weight is 264 g/mol. The highest BCUT2D eigenvalue weighted by atomic mass is 35.5. The van der Waals surface area contributed by atoms with Gasteiger partial charge < -0.3 is 5.32 Å². The minimum absolute atomic E-state index is 0.0730. The summed E-state index contributed by atoms with van der Waals surface area (Å²) in [6.45, 7) is 0. The molecular weight excluding hydrogens is 246 g/mol. The van der Waals surface area contributed by atoms with Gasteiger partial charge >= 0.3 is 0 Å². The van der Waals surface area contributed by atoms with Crippen LogP contribution in [0.15, 0.2) is 24.3 Å². The van der Waals surface area contributed by atoms with Gasteiger partial charge in [-0.2, -0.15) is 0 Å². The van der Waals surface area contributed by atoms with Crippen molar-refractivity contribution in [2.24, 2.45) is 0 Å². The molecule has 1 aromatic carbocycles. The van der Waals surface area contributed by atoms with Crippen molar-refractivity contribution < 1.29 is 4.79 Å². The Morgan fingerprint density at radius 1 is 1.28 bits per heavy atom. The molecule has 96 valence electrons. The molecule has 2 nitrogen and oxygen atoms in total. The summed E-state index contributed by atoms with van der Waals surface area (Å²) < 4.78 is 0. The molecule has 1 N–H and O–H groups in total. The van der Waals surface area contributed by atoms with Crippen LogP contribution in [0.5, 0.6) is 0 Å². The summed E-state index contributed by atoms with van der Waals surface area (Å²) in [5.41, 5.74) is 1.34. The first-order valence-corrected chi connectivity index (χ1v) is 7.11. The molecule has 2 aliphatic carbocycles. The highest BCUT2D eigenvalue weighted by molar-refractivity contribution is 6.30. The molecule has 2 aliphatic rings. The van der Waals surface area contributed by atoms with Gasteiger partial charge in [0.1, 0.15) is 0 Å². The zero-order valence-corrected chi connectivity index (χ0v) is 11.2. The summed E-state index contributed by atoms with van der Waals surface area (Å²) in [5, 5.41) is 3.85. The Hall–Kier alpha value is -1.02. The molecule has 0 bridgehead atoms. The largest absolute Gasteiger partial charge is 0.353 e. The molecule has 0 unspecified atom stereocenters. The van der Waals surface area contributed by atoms with Crippen LogP contribution in [-0.4, -0.2) is 11.9 Å². The van der Waals surface area contributed by atoms with Crippen molar-refractivity contribution in [3.63, 3.8) is 0 Å². The zero-order chi connectivity index (χ0) is 12.6. The predicted octanol–water partition coefficient (Wildman–Crippen LogP) is 3.43. The molecule has 2 fully saturated rings. The zero-order valence-electron chi connectivity index (χ0n) is 10.4. The monoisotopic (exact) mass is 263 g/mol. The molecule has 0 radical (unpaired) electrons. The number of benzene rings is 1. The van der Waals surface area contributed by atoms with Crippen LogP contribution in [0.1, 0.15) is 44.1 Å². The van der Waals surface area contributed by atoms with E-state index in [1.54, 1.807) is 0 Å². The SMILES string of the molecule is O=C(CC1(c2ccc(Cl)cc2)CCC1)NC1CC1. The van der Waals surface area contributed by atoms with Gasteiger partial charge in [0.15, 0.2) is 0 Å². The van der Waals surface area contributed by atoms with Crippen molar-refractivity contribution >= 4 is 17.5 Å². The van der Waals surface area contributed by atoms with Gasteiger partial charge in [0.05, 0.1) is 0 Å². The fourth-order valence-electron chi connectivity index (χ4n) is 2.79. The fraction of sp³-hybridized carbons (Fsp3) is 0.533. The van der Waals surface area contributed by atoms with Crippen LogP contribution in [0.3, 0.4) is 0 Å². The summed E-state index contributed by atoms with van der Waals surface area (Å²) in [4.78, 5) is 12.0. The molecular formula is C15H18ClNO. The van der Waals surface area contributed by atoms with E-state index >= 15 is 0 Å². The number of amides is 1. The van der Waals surface area contributed by atoms with Crippen LogP contribution in [0.4, 0.5) is 0 Å². The van der Waals surface area contributed by atoms with Gasteiger partial charge in [-0.1, -0.05) is 30.2 Å². The van der Waals surface area contributed by atoms with Gasteiger partial charge in [0, 0.05) is 22.9 Å². The minimum Gasteiger partial charge on any atom is -0.353 e. The van der Waals surface area contributed by atoms with Gasteiger partial charge in [-0.25, -0.2) is 0 Å². The van der Waals surface area contributed by atoms with Crippen molar-refractivity contribution in [3.8, 4) is 0 Å². The summed E-state index contributed by atoms with van der Waals surface area (Å²) in [5.74, 6) is 0.215. The molecule has 1 aromatic rings. The highest BCUT2D eigenvalue weighted by Crippen LogP contribution is 2.46. The van der Waals surface area contributed by atoms with Crippen molar-refractivity contribution in [3.05, 3.63) is 34.9 Å². The lowest BCUT2D eigenvalue weighted by atomic mass is 9.62. The fourth-order valence-corrected chi connectivity index (χ4v) is 2.91. The molecule has 3 heteroatoms. The van der Waals surface area contributed by atoms with E-state index < -0.39 is 0 Å². The normalized spacial score (nSPS) is 21.2. The first kappa shape index (κ1) is 12.0. The Labute approximate surface area is 113 Å². The number of halogens is 1. The Morgan fingerprint density at radius 2 is 1.94 bits per heavy atom. The van der Waals surface area contributed by atoms with E-state index in [4.69, 9.17) is 11.6 Å². The van der Waals surface area contributed by atoms with Crippen LogP contribution >= 0.6 is 11.6 Å². The standard InChI is InChI=1S/C15H18ClNO/c16-12-4-2-11(3-5-12)15(8-1-9-15)10-14(18)17-13-6-7-13/h2-5,13H,1,6-10H2,(H,17,18). The highest BCUT2D eigenvalue weighted by Gasteiger charge is 2.41. The third-order valence-corrected chi connectivity index (χ3v) is 4.46. The molecule has 2 saturated carbocycles. The van der Waals surface area contributed by atoms with Gasteiger partial charge in [0.25, 0.3) is 0 Å². The van der Waals surface area contributed by atoms with E-state index in [9.17, 15) is 4.79 Å². The molecule has 18 heavy (non-hydrogen) atoms. The summed E-state index contributed by atoms with van der Waals surface area (Å²) in [6.07, 6.45) is 6.39. The summed E-state index contributed by atoms with van der Waals surface area (Å²) >= 11 is 5.93. The van der Waals surface area contributed by atoms with Crippen LogP contribution in [-0.2, 0) is 10.2 Å². The Morgan fingerprint density at radius 3 is 2.44 bits per heavy atom. The molecule has 0 spiro atoms. The summed E-state index contributed by atoms with van der Waals surface area (Å²) in [6, 6.07) is 8.46. The number of hydrogen-bond donors (Lipinski definition) is 1. The van der Waals surface area contributed by atoms with Gasteiger partial charge in [-0.3, -0.25) is 4.79 Å². The molecule has 3 rings (SSSR count). The lowest BCUT2D eigenvalue weighted by molar-refractivity contribution is -0.123. The van der Waals surface area contributed by atoms with Crippen LogP contribution in [0, 0.1) is 0 Å². The molecule has 0 saturated heterocycles. The van der Waals surface area contributed by atoms with E-state index in [1.165, 1.54) is 12.0 Å². The lowest BCUT2D eigenvalue weighted by Crippen LogP contribution is -2.40. The quantitative estimate of drug-likeness (QED) is 0.886. The van der Waals surface area contributed by atoms with Gasteiger partial charge in [0.2, 0.25) is 5.91 Å². The van der Waals surface area contributed by atoms with E-state index in [1.807, 2.05) is 12.1 Å². The molecule has 0 aromatic heterocycles. The topological polar surface area (TPSA) is 29.1 Å². The Balaban J connectivity index is 1.72. The number of nitrogens with one attached hydrogen (secondary N) is 1. The smallest absolute Gasteiger partial charge is 0.221 e. The first-order chi connectivity index (χ1) is 8.68. The number of carbonyl (C=O) groups excluding carboxylic acids is 1. The third kappa shape index (κ3) is 2.39. The molecule has 0 heterocycles. The Kier molecular flexibility index (Phi) is 3.06. The van der Waals surface area contributed by atoms with Crippen LogP contribution in [0.2, 0.25) is 5.02 Å².